The predicted molar refractivity (Wildman–Crippen MR) is 91.1 cm³/mol. The Hall–Kier alpha value is -1.16. The van der Waals surface area contributed by atoms with Crippen molar-refractivity contribution in [3.05, 3.63) is 35.9 Å². The number of hydrogen-bond donors (Lipinski definition) is 1. The van der Waals surface area contributed by atoms with Gasteiger partial charge in [-0.05, 0) is 38.2 Å². The van der Waals surface area contributed by atoms with E-state index in [0.29, 0.717) is 13.0 Å². The molecule has 2 atom stereocenters. The monoisotopic (exact) mass is 342 g/mol. The molecule has 0 saturated carbocycles. The smallest absolute Gasteiger partial charge is 0.313 e. The Kier molecular flexibility index (Phi) is 9.15. The van der Waals surface area contributed by atoms with Gasteiger partial charge in [-0.3, -0.25) is 13.9 Å². The number of carboxylic acids is 1. The molecular weight excluding hydrogens is 315 g/mol. The highest BCUT2D eigenvalue weighted by Crippen LogP contribution is 2.48. The van der Waals surface area contributed by atoms with E-state index in [0.717, 1.165) is 19.3 Å². The summed E-state index contributed by atoms with van der Waals surface area (Å²) in [6.45, 7) is 4.13. The second-order valence-electron chi connectivity index (χ2n) is 5.58. The number of rotatable bonds is 12. The van der Waals surface area contributed by atoms with E-state index in [1.54, 1.807) is 6.92 Å². The van der Waals surface area contributed by atoms with Gasteiger partial charge in [0, 0.05) is 12.8 Å². The lowest BCUT2D eigenvalue weighted by Crippen LogP contribution is -2.17. The molecule has 1 N–H and O–H groups in total. The Morgan fingerprint density at radius 3 is 2.57 bits per heavy atom. The first-order valence-electron chi connectivity index (χ1n) is 8.09. The Labute approximate surface area is 138 Å². The van der Waals surface area contributed by atoms with Crippen LogP contribution in [0.3, 0.4) is 0 Å². The summed E-state index contributed by atoms with van der Waals surface area (Å²) in [7, 11) is -3.22. The number of carbonyl (C=O) groups is 1. The Bertz CT molecular complexity index is 503. The van der Waals surface area contributed by atoms with E-state index in [9.17, 15) is 9.36 Å². The fourth-order valence-electron chi connectivity index (χ4n) is 2.29. The molecule has 130 valence electrons. The van der Waals surface area contributed by atoms with Gasteiger partial charge in [-0.25, -0.2) is 0 Å². The van der Waals surface area contributed by atoms with Crippen molar-refractivity contribution in [1.29, 1.82) is 0 Å². The van der Waals surface area contributed by atoms with Crippen molar-refractivity contribution in [3.8, 4) is 0 Å². The molecule has 1 aromatic rings. The van der Waals surface area contributed by atoms with Gasteiger partial charge in [-0.1, -0.05) is 37.3 Å². The van der Waals surface area contributed by atoms with Gasteiger partial charge in [-0.15, -0.1) is 0 Å². The van der Waals surface area contributed by atoms with Crippen molar-refractivity contribution in [2.75, 3.05) is 18.9 Å². The number of ether oxygens (including phenoxy) is 1. The van der Waals surface area contributed by atoms with Gasteiger partial charge in [0.25, 0.3) is 0 Å². The van der Waals surface area contributed by atoms with Crippen LogP contribution in [-0.4, -0.2) is 36.3 Å². The summed E-state index contributed by atoms with van der Waals surface area (Å²) in [5.41, 5.74) is 1.22. The Morgan fingerprint density at radius 1 is 1.26 bits per heavy atom. The molecule has 0 bridgehead atoms. The normalized spacial score (nSPS) is 15.0. The minimum atomic E-state index is -3.22. The zero-order valence-electron chi connectivity index (χ0n) is 13.9. The summed E-state index contributed by atoms with van der Waals surface area (Å²) in [5.74, 6) is -1.10. The maximum absolute atomic E-state index is 12.7. The van der Waals surface area contributed by atoms with E-state index < -0.39 is 25.8 Å². The van der Waals surface area contributed by atoms with Gasteiger partial charge in [0.1, 0.15) is 6.16 Å². The molecule has 0 aliphatic rings. The second-order valence-corrected chi connectivity index (χ2v) is 8.18. The number of carboxylic acid groups (broad SMARTS) is 1. The van der Waals surface area contributed by atoms with Crippen LogP contribution in [0.2, 0.25) is 0 Å². The molecule has 0 unspecified atom stereocenters. The minimum Gasteiger partial charge on any atom is -0.481 e. The summed E-state index contributed by atoms with van der Waals surface area (Å²) >= 11 is 0. The van der Waals surface area contributed by atoms with Crippen molar-refractivity contribution >= 4 is 13.3 Å². The maximum atomic E-state index is 12.7. The molecule has 0 aliphatic carbocycles. The number of unbranched alkanes of at least 4 members (excludes halogenated alkanes) is 1. The van der Waals surface area contributed by atoms with Gasteiger partial charge in [0.05, 0.1) is 0 Å². The molecule has 1 rings (SSSR count). The van der Waals surface area contributed by atoms with Gasteiger partial charge in [-0.2, -0.15) is 0 Å². The van der Waals surface area contributed by atoms with E-state index in [1.165, 1.54) is 5.56 Å². The fourth-order valence-corrected chi connectivity index (χ4v) is 4.34. The van der Waals surface area contributed by atoms with E-state index in [2.05, 4.69) is 0 Å². The summed E-state index contributed by atoms with van der Waals surface area (Å²) in [5, 5.41) is 8.98. The topological polar surface area (TPSA) is 72.8 Å². The molecule has 5 nitrogen and oxygen atoms in total. The molecule has 0 saturated heterocycles. The van der Waals surface area contributed by atoms with Crippen LogP contribution in [0, 0.1) is 0 Å². The van der Waals surface area contributed by atoms with Crippen LogP contribution in [0.25, 0.3) is 0 Å². The van der Waals surface area contributed by atoms with E-state index in [4.69, 9.17) is 14.4 Å². The lowest BCUT2D eigenvalue weighted by Gasteiger charge is -2.21. The predicted octanol–water partition coefficient (Wildman–Crippen LogP) is 4.16. The molecule has 23 heavy (non-hydrogen) atoms. The summed E-state index contributed by atoms with van der Waals surface area (Å²) in [4.78, 5) is 11.0. The third-order valence-electron chi connectivity index (χ3n) is 3.33. The van der Waals surface area contributed by atoms with Crippen molar-refractivity contribution in [2.45, 2.75) is 45.8 Å². The molecule has 0 aromatic heterocycles. The number of hydrogen-bond acceptors (Lipinski definition) is 4. The molecule has 0 radical (unpaired) electrons. The summed E-state index contributed by atoms with van der Waals surface area (Å²) in [6, 6.07) is 10.0. The Balaban J connectivity index is 2.46. The van der Waals surface area contributed by atoms with Crippen LogP contribution in [0.15, 0.2) is 30.3 Å². The van der Waals surface area contributed by atoms with Crippen LogP contribution in [-0.2, 0) is 25.0 Å². The lowest BCUT2D eigenvalue weighted by atomic mass is 10.1. The first-order chi connectivity index (χ1) is 10.9. The van der Waals surface area contributed by atoms with Crippen LogP contribution < -0.4 is 0 Å². The zero-order valence-corrected chi connectivity index (χ0v) is 14.8. The van der Waals surface area contributed by atoms with Gasteiger partial charge < -0.3 is 9.84 Å². The molecular formula is C17H27O5P. The molecule has 0 amide bonds. The average Bonchev–Trinajstić information content (AvgIpc) is 2.50. The van der Waals surface area contributed by atoms with E-state index in [1.807, 2.05) is 37.3 Å². The van der Waals surface area contributed by atoms with E-state index >= 15 is 0 Å². The third kappa shape index (κ3) is 8.89. The number of aryl methyl sites for hydroxylation is 1. The third-order valence-corrected chi connectivity index (χ3v) is 5.76. The summed E-state index contributed by atoms with van der Waals surface area (Å²) in [6.07, 6.45) is 2.41. The second kappa shape index (κ2) is 10.6. The highest BCUT2D eigenvalue weighted by Gasteiger charge is 2.29. The summed E-state index contributed by atoms with van der Waals surface area (Å²) < 4.78 is 23.5. The number of benzene rings is 1. The molecule has 0 spiro atoms. The largest absolute Gasteiger partial charge is 0.481 e. The van der Waals surface area contributed by atoms with Gasteiger partial charge in [0.15, 0.2) is 6.29 Å². The average molecular weight is 342 g/mol. The quantitative estimate of drug-likeness (QED) is 0.351. The van der Waals surface area contributed by atoms with Crippen molar-refractivity contribution in [3.63, 3.8) is 0 Å². The molecule has 0 heterocycles. The highest BCUT2D eigenvalue weighted by atomic mass is 31.2. The highest BCUT2D eigenvalue weighted by molar-refractivity contribution is 7.59. The van der Waals surface area contributed by atoms with Crippen molar-refractivity contribution in [2.24, 2.45) is 0 Å². The molecule has 6 heteroatoms. The lowest BCUT2D eigenvalue weighted by molar-refractivity contribution is -0.134. The SMILES string of the molecule is CCCO[C@@H](C)O[P@@](=O)(CCCCc1ccccc1)CC(=O)O. The standard InChI is InChI=1S/C17H27O5P/c1-3-12-21-15(2)22-23(20,14-17(18)19)13-8-7-11-16-9-5-4-6-10-16/h4-6,9-10,15H,3,7-8,11-14H2,1-2H3,(H,18,19)/t15-,23+/m1/s1. The Morgan fingerprint density at radius 2 is 1.96 bits per heavy atom. The van der Waals surface area contributed by atoms with Crippen molar-refractivity contribution < 1.29 is 23.7 Å². The van der Waals surface area contributed by atoms with Gasteiger partial charge in [0.2, 0.25) is 7.37 Å². The van der Waals surface area contributed by atoms with Crippen molar-refractivity contribution in [1.82, 2.24) is 0 Å². The van der Waals surface area contributed by atoms with E-state index in [-0.39, 0.29) is 6.16 Å². The van der Waals surface area contributed by atoms with Gasteiger partial charge >= 0.3 is 5.97 Å². The van der Waals surface area contributed by atoms with Crippen LogP contribution in [0.4, 0.5) is 0 Å². The first-order valence-corrected chi connectivity index (χ1v) is 10.1. The zero-order chi connectivity index (χ0) is 17.1. The molecule has 0 fully saturated rings. The minimum absolute atomic E-state index is 0.270. The van der Waals surface area contributed by atoms with Crippen LogP contribution >= 0.6 is 7.37 Å². The molecule has 0 aliphatic heterocycles. The fraction of sp³-hybridized carbons (Fsp3) is 0.588. The van der Waals surface area contributed by atoms with Crippen LogP contribution in [0.5, 0.6) is 0 Å². The number of aliphatic carboxylic acids is 1. The maximum Gasteiger partial charge on any atom is 0.313 e. The first kappa shape index (κ1) is 19.9. The molecule has 1 aromatic carbocycles. The van der Waals surface area contributed by atoms with Crippen LogP contribution in [0.1, 0.15) is 38.7 Å².